The maximum atomic E-state index is 5.18. The molecule has 0 amide bonds. The molecule has 0 aliphatic heterocycles. The van der Waals surface area contributed by atoms with Crippen molar-refractivity contribution in [1.82, 2.24) is 9.97 Å². The van der Waals surface area contributed by atoms with Crippen molar-refractivity contribution in [1.29, 1.82) is 0 Å². The third-order valence-corrected chi connectivity index (χ3v) is 3.05. The predicted molar refractivity (Wildman–Crippen MR) is 75.1 cm³/mol. The fraction of sp³-hybridized carbons (Fsp3) is 0.167. The van der Waals surface area contributed by atoms with E-state index in [0.29, 0.717) is 6.54 Å². The van der Waals surface area contributed by atoms with Crippen LogP contribution in [-0.2, 0) is 6.54 Å². The van der Waals surface area contributed by atoms with Gasteiger partial charge in [-0.05, 0) is 40.3 Å². The molecule has 0 radical (unpaired) electrons. The van der Waals surface area contributed by atoms with Gasteiger partial charge in [0.1, 0.15) is 17.9 Å². The minimum Gasteiger partial charge on any atom is -0.497 e. The molecule has 0 unspecified atom stereocenters. The Kier molecular flexibility index (Phi) is 4.13. The highest BCUT2D eigenvalue weighted by molar-refractivity contribution is 14.1. The molecule has 0 atom stereocenters. The summed E-state index contributed by atoms with van der Waals surface area (Å²) in [4.78, 5) is 8.12. The summed E-state index contributed by atoms with van der Waals surface area (Å²) in [6.45, 7) is 0.713. The van der Waals surface area contributed by atoms with Crippen molar-refractivity contribution in [3.05, 3.63) is 45.9 Å². The lowest BCUT2D eigenvalue weighted by atomic mass is 10.2. The molecule has 0 bridgehead atoms. The van der Waals surface area contributed by atoms with Gasteiger partial charge in [0.2, 0.25) is 0 Å². The van der Waals surface area contributed by atoms with Crippen molar-refractivity contribution in [2.24, 2.45) is 0 Å². The average molecular weight is 341 g/mol. The molecule has 0 fully saturated rings. The summed E-state index contributed by atoms with van der Waals surface area (Å²) in [6, 6.07) is 7.95. The lowest BCUT2D eigenvalue weighted by molar-refractivity contribution is 0.414. The van der Waals surface area contributed by atoms with Gasteiger partial charge in [-0.2, -0.15) is 0 Å². The normalized spacial score (nSPS) is 10.0. The van der Waals surface area contributed by atoms with E-state index in [2.05, 4.69) is 37.9 Å². The van der Waals surface area contributed by atoms with E-state index in [-0.39, 0.29) is 0 Å². The Labute approximate surface area is 114 Å². The van der Waals surface area contributed by atoms with Gasteiger partial charge in [0.05, 0.1) is 10.7 Å². The second-order valence-electron chi connectivity index (χ2n) is 3.42. The van der Waals surface area contributed by atoms with E-state index in [9.17, 15) is 0 Å². The van der Waals surface area contributed by atoms with Crippen molar-refractivity contribution in [2.75, 3.05) is 12.4 Å². The fourth-order valence-electron chi connectivity index (χ4n) is 1.41. The van der Waals surface area contributed by atoms with Crippen molar-refractivity contribution < 1.29 is 4.74 Å². The van der Waals surface area contributed by atoms with Crippen LogP contribution in [-0.4, -0.2) is 17.1 Å². The Hall–Kier alpha value is -1.37. The molecule has 0 saturated heterocycles. The first-order chi connectivity index (χ1) is 8.29. The number of nitrogens with zero attached hydrogens (tertiary/aromatic N) is 2. The maximum Gasteiger partial charge on any atom is 0.143 e. The molecule has 0 spiro atoms. The second-order valence-corrected chi connectivity index (χ2v) is 4.59. The summed E-state index contributed by atoms with van der Waals surface area (Å²) < 4.78 is 6.18. The largest absolute Gasteiger partial charge is 0.497 e. The molecule has 2 rings (SSSR count). The Morgan fingerprint density at radius 1 is 1.41 bits per heavy atom. The van der Waals surface area contributed by atoms with Gasteiger partial charge in [-0.1, -0.05) is 12.1 Å². The van der Waals surface area contributed by atoms with Gasteiger partial charge in [-0.3, -0.25) is 0 Å². The number of anilines is 1. The van der Waals surface area contributed by atoms with E-state index in [1.54, 1.807) is 13.3 Å². The molecule has 4 nitrogen and oxygen atoms in total. The van der Waals surface area contributed by atoms with E-state index in [1.807, 2.05) is 24.3 Å². The Bertz CT molecular complexity index is 505. The molecule has 2 aromatic rings. The summed E-state index contributed by atoms with van der Waals surface area (Å²) in [5, 5.41) is 3.27. The lowest BCUT2D eigenvalue weighted by Crippen LogP contribution is -2.03. The van der Waals surface area contributed by atoms with E-state index >= 15 is 0 Å². The predicted octanol–water partition coefficient (Wildman–Crippen LogP) is 2.70. The van der Waals surface area contributed by atoms with E-state index in [0.717, 1.165) is 20.7 Å². The molecular formula is C12H12IN3O. The summed E-state index contributed by atoms with van der Waals surface area (Å²) in [7, 11) is 1.67. The van der Waals surface area contributed by atoms with Crippen molar-refractivity contribution in [2.45, 2.75) is 6.54 Å². The first-order valence-electron chi connectivity index (χ1n) is 5.12. The minimum absolute atomic E-state index is 0.713. The number of aromatic nitrogens is 2. The van der Waals surface area contributed by atoms with Crippen LogP contribution in [0.5, 0.6) is 5.75 Å². The zero-order chi connectivity index (χ0) is 12.1. The van der Waals surface area contributed by atoms with Crippen molar-refractivity contribution in [3.8, 4) is 5.75 Å². The first-order valence-corrected chi connectivity index (χ1v) is 6.20. The van der Waals surface area contributed by atoms with Crippen LogP contribution in [0, 0.1) is 3.57 Å². The number of benzene rings is 1. The third kappa shape index (κ3) is 3.29. The monoisotopic (exact) mass is 341 g/mol. The van der Waals surface area contributed by atoms with Crippen molar-refractivity contribution in [3.63, 3.8) is 0 Å². The van der Waals surface area contributed by atoms with Crippen LogP contribution in [0.1, 0.15) is 5.56 Å². The fourth-order valence-corrected chi connectivity index (χ4v) is 1.90. The highest BCUT2D eigenvalue weighted by Gasteiger charge is 2.00. The van der Waals surface area contributed by atoms with Crippen LogP contribution in [0.4, 0.5) is 5.82 Å². The maximum absolute atomic E-state index is 5.18. The topological polar surface area (TPSA) is 47.0 Å². The molecule has 88 valence electrons. The molecule has 1 heterocycles. The Morgan fingerprint density at radius 3 is 3.06 bits per heavy atom. The van der Waals surface area contributed by atoms with Crippen LogP contribution >= 0.6 is 22.6 Å². The number of halogens is 1. The molecule has 0 aliphatic carbocycles. The quantitative estimate of drug-likeness (QED) is 0.869. The average Bonchev–Trinajstić information content (AvgIpc) is 2.38. The van der Waals surface area contributed by atoms with Gasteiger partial charge in [-0.25, -0.2) is 9.97 Å². The summed E-state index contributed by atoms with van der Waals surface area (Å²) in [5.41, 5.74) is 1.15. The van der Waals surface area contributed by atoms with Gasteiger partial charge in [-0.15, -0.1) is 0 Å². The molecule has 1 N–H and O–H groups in total. The van der Waals surface area contributed by atoms with Crippen LogP contribution in [0.25, 0.3) is 0 Å². The molecule has 1 aromatic heterocycles. The van der Waals surface area contributed by atoms with Gasteiger partial charge in [0, 0.05) is 12.7 Å². The highest BCUT2D eigenvalue weighted by Crippen LogP contribution is 2.16. The summed E-state index contributed by atoms with van der Waals surface area (Å²) in [6.07, 6.45) is 3.32. The smallest absolute Gasteiger partial charge is 0.143 e. The Morgan fingerprint density at radius 2 is 2.29 bits per heavy atom. The standard InChI is InChI=1S/C12H12IN3O/c1-17-10-4-2-3-9(5-10)6-15-12-11(13)7-14-8-16-12/h2-5,7-8H,6H2,1H3,(H,14,15,16). The highest BCUT2D eigenvalue weighted by atomic mass is 127. The van der Waals surface area contributed by atoms with Gasteiger partial charge in [0.25, 0.3) is 0 Å². The van der Waals surface area contributed by atoms with E-state index in [4.69, 9.17) is 4.74 Å². The molecule has 0 saturated carbocycles. The first kappa shape index (κ1) is 12.1. The zero-order valence-corrected chi connectivity index (χ0v) is 11.5. The van der Waals surface area contributed by atoms with E-state index < -0.39 is 0 Å². The molecule has 5 heteroatoms. The summed E-state index contributed by atoms with van der Waals surface area (Å²) in [5.74, 6) is 1.71. The van der Waals surface area contributed by atoms with E-state index in [1.165, 1.54) is 6.33 Å². The van der Waals surface area contributed by atoms with Crippen molar-refractivity contribution >= 4 is 28.4 Å². The third-order valence-electron chi connectivity index (χ3n) is 2.26. The van der Waals surface area contributed by atoms with Crippen LogP contribution < -0.4 is 10.1 Å². The van der Waals surface area contributed by atoms with Crippen LogP contribution in [0.2, 0.25) is 0 Å². The van der Waals surface area contributed by atoms with Crippen LogP contribution in [0.15, 0.2) is 36.8 Å². The number of hydrogen-bond acceptors (Lipinski definition) is 4. The number of hydrogen-bond donors (Lipinski definition) is 1. The molecular weight excluding hydrogens is 329 g/mol. The summed E-state index contributed by atoms with van der Waals surface area (Å²) >= 11 is 2.20. The lowest BCUT2D eigenvalue weighted by Gasteiger charge is -2.08. The second kappa shape index (κ2) is 5.81. The number of methoxy groups -OCH3 is 1. The Balaban J connectivity index is 2.05. The van der Waals surface area contributed by atoms with Gasteiger partial charge >= 0.3 is 0 Å². The molecule has 0 aliphatic rings. The molecule has 1 aromatic carbocycles. The van der Waals surface area contributed by atoms with Gasteiger partial charge < -0.3 is 10.1 Å². The van der Waals surface area contributed by atoms with Crippen LogP contribution in [0.3, 0.4) is 0 Å². The minimum atomic E-state index is 0.713. The zero-order valence-electron chi connectivity index (χ0n) is 9.35. The SMILES string of the molecule is COc1cccc(CNc2ncncc2I)c1. The number of ether oxygens (including phenoxy) is 1. The van der Waals surface area contributed by atoms with Gasteiger partial charge in [0.15, 0.2) is 0 Å². The molecule has 17 heavy (non-hydrogen) atoms. The number of rotatable bonds is 4. The number of nitrogens with one attached hydrogen (secondary N) is 1.